The summed E-state index contributed by atoms with van der Waals surface area (Å²) >= 11 is 0. The fraction of sp³-hybridized carbons (Fsp3) is 0.455. The Balaban J connectivity index is 2.71. The predicted octanol–water partition coefficient (Wildman–Crippen LogP) is 1.01. The van der Waals surface area contributed by atoms with Gasteiger partial charge in [-0.3, -0.25) is 0 Å². The van der Waals surface area contributed by atoms with Gasteiger partial charge in [-0.2, -0.15) is 0 Å². The van der Waals surface area contributed by atoms with E-state index in [-0.39, 0.29) is 6.04 Å². The molecule has 1 unspecified atom stereocenters. The summed E-state index contributed by atoms with van der Waals surface area (Å²) in [6.45, 7) is 4.08. The molecule has 0 spiro atoms. The number of nitrogens with one attached hydrogen (secondary N) is 1. The molecule has 0 saturated carbocycles. The van der Waals surface area contributed by atoms with E-state index >= 15 is 0 Å². The van der Waals surface area contributed by atoms with Gasteiger partial charge in [-0.25, -0.2) is 13.1 Å². The summed E-state index contributed by atoms with van der Waals surface area (Å²) in [7, 11) is -3.38. The maximum Gasteiger partial charge on any atom is 0.240 e. The summed E-state index contributed by atoms with van der Waals surface area (Å²) in [5.41, 5.74) is 6.48. The molecular formula is C11H18N2O2S. The van der Waals surface area contributed by atoms with Crippen LogP contribution in [0.25, 0.3) is 0 Å². The Bertz CT molecular complexity index is 441. The van der Waals surface area contributed by atoms with Gasteiger partial charge in [0, 0.05) is 12.6 Å². The van der Waals surface area contributed by atoms with E-state index < -0.39 is 10.0 Å². The first-order valence-corrected chi connectivity index (χ1v) is 6.72. The first-order chi connectivity index (χ1) is 7.42. The van der Waals surface area contributed by atoms with Crippen molar-refractivity contribution in [1.82, 2.24) is 4.72 Å². The molecule has 0 amide bonds. The molecule has 0 heterocycles. The highest BCUT2D eigenvalue weighted by atomic mass is 32.2. The standard InChI is InChI=1S/C11H18N2O2S/c1-9-4-3-5-11(8-9)16(14,15)13-7-6-10(2)12/h3-5,8,10,13H,6-7,12H2,1-2H3. The molecule has 0 radical (unpaired) electrons. The van der Waals surface area contributed by atoms with Crippen LogP contribution < -0.4 is 10.5 Å². The van der Waals surface area contributed by atoms with E-state index in [0.29, 0.717) is 17.9 Å². The molecule has 1 rings (SSSR count). The van der Waals surface area contributed by atoms with Crippen LogP contribution in [0.15, 0.2) is 29.2 Å². The molecule has 3 N–H and O–H groups in total. The fourth-order valence-electron chi connectivity index (χ4n) is 1.29. The molecule has 0 aliphatic rings. The fourth-order valence-corrected chi connectivity index (χ4v) is 2.44. The molecule has 1 aromatic carbocycles. The van der Waals surface area contributed by atoms with Crippen molar-refractivity contribution in [3.05, 3.63) is 29.8 Å². The first kappa shape index (κ1) is 13.2. The Hall–Kier alpha value is -0.910. The van der Waals surface area contributed by atoms with Crippen LogP contribution in [0.5, 0.6) is 0 Å². The van der Waals surface area contributed by atoms with E-state index in [0.717, 1.165) is 5.56 Å². The summed E-state index contributed by atoms with van der Waals surface area (Å²) < 4.78 is 26.2. The van der Waals surface area contributed by atoms with Crippen LogP contribution in [0.1, 0.15) is 18.9 Å². The number of hydrogen-bond donors (Lipinski definition) is 2. The smallest absolute Gasteiger partial charge is 0.240 e. The normalized spacial score (nSPS) is 13.7. The van der Waals surface area contributed by atoms with Gasteiger partial charge in [0.1, 0.15) is 0 Å². The van der Waals surface area contributed by atoms with Crippen LogP contribution in [-0.4, -0.2) is 21.0 Å². The van der Waals surface area contributed by atoms with E-state index in [1.54, 1.807) is 18.2 Å². The molecule has 0 fully saturated rings. The van der Waals surface area contributed by atoms with Crippen LogP contribution in [0.3, 0.4) is 0 Å². The lowest BCUT2D eigenvalue weighted by atomic mass is 10.2. The van der Waals surface area contributed by atoms with Crippen molar-refractivity contribution in [1.29, 1.82) is 0 Å². The first-order valence-electron chi connectivity index (χ1n) is 5.24. The maximum absolute atomic E-state index is 11.8. The van der Waals surface area contributed by atoms with Crippen LogP contribution >= 0.6 is 0 Å². The Morgan fingerprint density at radius 3 is 2.69 bits per heavy atom. The van der Waals surface area contributed by atoms with Crippen LogP contribution in [0.4, 0.5) is 0 Å². The topological polar surface area (TPSA) is 72.2 Å². The van der Waals surface area contributed by atoms with Gasteiger partial charge in [-0.15, -0.1) is 0 Å². The molecule has 1 atom stereocenters. The molecule has 90 valence electrons. The second-order valence-corrected chi connectivity index (χ2v) is 5.75. The van der Waals surface area contributed by atoms with E-state index in [9.17, 15) is 8.42 Å². The molecule has 16 heavy (non-hydrogen) atoms. The van der Waals surface area contributed by atoms with E-state index in [2.05, 4.69) is 4.72 Å². The lowest BCUT2D eigenvalue weighted by Crippen LogP contribution is -2.29. The van der Waals surface area contributed by atoms with Crippen molar-refractivity contribution in [2.45, 2.75) is 31.2 Å². The van der Waals surface area contributed by atoms with Gasteiger partial charge in [0.15, 0.2) is 0 Å². The van der Waals surface area contributed by atoms with Crippen molar-refractivity contribution in [3.63, 3.8) is 0 Å². The Morgan fingerprint density at radius 1 is 1.44 bits per heavy atom. The lowest BCUT2D eigenvalue weighted by Gasteiger charge is -2.08. The number of nitrogens with two attached hydrogens (primary N) is 1. The van der Waals surface area contributed by atoms with Gasteiger partial charge >= 0.3 is 0 Å². The van der Waals surface area contributed by atoms with Gasteiger partial charge in [-0.05, 0) is 38.0 Å². The number of benzene rings is 1. The van der Waals surface area contributed by atoms with E-state index in [1.165, 1.54) is 0 Å². The summed E-state index contributed by atoms with van der Waals surface area (Å²) in [5.74, 6) is 0. The molecule has 4 nitrogen and oxygen atoms in total. The zero-order valence-corrected chi connectivity index (χ0v) is 10.4. The average Bonchev–Trinajstić information content (AvgIpc) is 2.16. The third kappa shape index (κ3) is 3.92. The highest BCUT2D eigenvalue weighted by Crippen LogP contribution is 2.10. The highest BCUT2D eigenvalue weighted by molar-refractivity contribution is 7.89. The number of aryl methyl sites for hydroxylation is 1. The summed E-state index contributed by atoms with van der Waals surface area (Å²) in [6.07, 6.45) is 0.630. The van der Waals surface area contributed by atoms with Gasteiger partial charge in [0.05, 0.1) is 4.90 Å². The van der Waals surface area contributed by atoms with Gasteiger partial charge in [-0.1, -0.05) is 12.1 Å². The maximum atomic E-state index is 11.8. The minimum absolute atomic E-state index is 0.000194. The molecular weight excluding hydrogens is 224 g/mol. The van der Waals surface area contributed by atoms with Crippen LogP contribution in [0, 0.1) is 6.92 Å². The number of hydrogen-bond acceptors (Lipinski definition) is 3. The van der Waals surface area contributed by atoms with Gasteiger partial charge in [0.2, 0.25) is 10.0 Å². The third-order valence-electron chi connectivity index (χ3n) is 2.19. The largest absolute Gasteiger partial charge is 0.328 e. The van der Waals surface area contributed by atoms with E-state index in [1.807, 2.05) is 19.9 Å². The number of sulfonamides is 1. The minimum atomic E-state index is -3.38. The highest BCUT2D eigenvalue weighted by Gasteiger charge is 2.13. The Labute approximate surface area is 96.9 Å². The predicted molar refractivity (Wildman–Crippen MR) is 64.6 cm³/mol. The van der Waals surface area contributed by atoms with Crippen molar-refractivity contribution in [2.24, 2.45) is 5.73 Å². The summed E-state index contributed by atoms with van der Waals surface area (Å²) in [4.78, 5) is 0.303. The summed E-state index contributed by atoms with van der Waals surface area (Å²) in [5, 5.41) is 0. The van der Waals surface area contributed by atoms with Gasteiger partial charge in [0.25, 0.3) is 0 Å². The minimum Gasteiger partial charge on any atom is -0.328 e. The van der Waals surface area contributed by atoms with Crippen molar-refractivity contribution in [3.8, 4) is 0 Å². The lowest BCUT2D eigenvalue weighted by molar-refractivity contribution is 0.571. The van der Waals surface area contributed by atoms with Crippen molar-refractivity contribution >= 4 is 10.0 Å². The average molecular weight is 242 g/mol. The quantitative estimate of drug-likeness (QED) is 0.809. The Kier molecular flexibility index (Phi) is 4.46. The zero-order valence-electron chi connectivity index (χ0n) is 9.60. The van der Waals surface area contributed by atoms with Gasteiger partial charge < -0.3 is 5.73 Å². The van der Waals surface area contributed by atoms with E-state index in [4.69, 9.17) is 5.73 Å². The summed E-state index contributed by atoms with van der Waals surface area (Å²) in [6, 6.07) is 6.83. The molecule has 0 saturated heterocycles. The third-order valence-corrected chi connectivity index (χ3v) is 3.65. The van der Waals surface area contributed by atoms with Crippen LogP contribution in [-0.2, 0) is 10.0 Å². The molecule has 5 heteroatoms. The molecule has 1 aromatic rings. The molecule has 0 aliphatic carbocycles. The SMILES string of the molecule is Cc1cccc(S(=O)(=O)NCCC(C)N)c1. The molecule has 0 bridgehead atoms. The van der Waals surface area contributed by atoms with Crippen LogP contribution in [0.2, 0.25) is 0 Å². The molecule has 0 aliphatic heterocycles. The second-order valence-electron chi connectivity index (χ2n) is 3.98. The number of rotatable bonds is 5. The molecule has 0 aromatic heterocycles. The zero-order chi connectivity index (χ0) is 12.2. The Morgan fingerprint density at radius 2 is 2.12 bits per heavy atom. The van der Waals surface area contributed by atoms with Crippen molar-refractivity contribution in [2.75, 3.05) is 6.54 Å². The van der Waals surface area contributed by atoms with Crippen molar-refractivity contribution < 1.29 is 8.42 Å². The monoisotopic (exact) mass is 242 g/mol. The second kappa shape index (κ2) is 5.43.